The first-order valence-corrected chi connectivity index (χ1v) is 6.87. The van der Waals surface area contributed by atoms with Crippen LogP contribution in [0.1, 0.15) is 5.56 Å². The second-order valence-electron chi connectivity index (χ2n) is 3.81. The summed E-state index contributed by atoms with van der Waals surface area (Å²) in [4.78, 5) is 0.158. The van der Waals surface area contributed by atoms with Gasteiger partial charge in [-0.15, -0.1) is 0 Å². The van der Waals surface area contributed by atoms with Crippen molar-refractivity contribution in [2.45, 2.75) is 0 Å². The highest BCUT2D eigenvalue weighted by Gasteiger charge is 2.08. The Kier molecular flexibility index (Phi) is 4.39. The van der Waals surface area contributed by atoms with E-state index in [0.29, 0.717) is 22.0 Å². The molecule has 0 saturated carbocycles. The van der Waals surface area contributed by atoms with Crippen LogP contribution in [-0.4, -0.2) is 4.99 Å². The van der Waals surface area contributed by atoms with Crippen molar-refractivity contribution in [3.05, 3.63) is 57.3 Å². The first kappa shape index (κ1) is 14.2. The lowest BCUT2D eigenvalue weighted by Crippen LogP contribution is -2.09. The standard InChI is InChI=1S/C13H9BrClFN2S/c14-8-2-3-9(15)12(6-8)18-11-4-1-7(13(17)19)5-10(11)16/h1-6,18H,(H2,17,19). The number of thiocarbonyl (C=S) groups is 1. The van der Waals surface area contributed by atoms with Crippen LogP contribution in [0.5, 0.6) is 0 Å². The zero-order valence-corrected chi connectivity index (χ0v) is 12.7. The number of rotatable bonds is 3. The number of anilines is 2. The Bertz CT molecular complexity index is 649. The van der Waals surface area contributed by atoms with Gasteiger partial charge in [0.05, 0.1) is 16.4 Å². The maximum absolute atomic E-state index is 13.9. The molecular formula is C13H9BrClFN2S. The SMILES string of the molecule is NC(=S)c1ccc(Nc2cc(Br)ccc2Cl)c(F)c1. The number of benzene rings is 2. The molecule has 6 heteroatoms. The van der Waals surface area contributed by atoms with E-state index in [-0.39, 0.29) is 4.99 Å². The van der Waals surface area contributed by atoms with Crippen LogP contribution in [0.15, 0.2) is 40.9 Å². The Morgan fingerprint density at radius 1 is 1.21 bits per heavy atom. The summed E-state index contributed by atoms with van der Waals surface area (Å²) in [5.41, 5.74) is 6.85. The van der Waals surface area contributed by atoms with Crippen LogP contribution < -0.4 is 11.1 Å². The van der Waals surface area contributed by atoms with Gasteiger partial charge in [-0.05, 0) is 36.4 Å². The molecule has 0 unspecified atom stereocenters. The fourth-order valence-corrected chi connectivity index (χ4v) is 2.16. The van der Waals surface area contributed by atoms with Gasteiger partial charge in [-0.2, -0.15) is 0 Å². The molecule has 0 atom stereocenters. The molecule has 0 heterocycles. The summed E-state index contributed by atoms with van der Waals surface area (Å²) in [6.07, 6.45) is 0. The molecule has 0 aliphatic carbocycles. The molecule has 19 heavy (non-hydrogen) atoms. The molecule has 2 aromatic carbocycles. The number of halogens is 3. The molecule has 2 nitrogen and oxygen atoms in total. The summed E-state index contributed by atoms with van der Waals surface area (Å²) in [6, 6.07) is 9.80. The molecule has 2 rings (SSSR count). The van der Waals surface area contributed by atoms with Gasteiger partial charge in [0.15, 0.2) is 0 Å². The van der Waals surface area contributed by atoms with Crippen molar-refractivity contribution in [3.63, 3.8) is 0 Å². The molecule has 0 saturated heterocycles. The molecule has 0 spiro atoms. The summed E-state index contributed by atoms with van der Waals surface area (Å²) < 4.78 is 14.7. The zero-order chi connectivity index (χ0) is 14.0. The first-order valence-electron chi connectivity index (χ1n) is 5.29. The minimum Gasteiger partial charge on any atom is -0.389 e. The van der Waals surface area contributed by atoms with Gasteiger partial charge in [0.1, 0.15) is 10.8 Å². The molecule has 0 aromatic heterocycles. The predicted octanol–water partition coefficient (Wildman–Crippen LogP) is 4.62. The predicted molar refractivity (Wildman–Crippen MR) is 84.7 cm³/mol. The Morgan fingerprint density at radius 3 is 2.58 bits per heavy atom. The maximum atomic E-state index is 13.9. The van der Waals surface area contributed by atoms with E-state index in [1.807, 2.05) is 0 Å². The first-order chi connectivity index (χ1) is 8.97. The van der Waals surface area contributed by atoms with Gasteiger partial charge in [0, 0.05) is 10.0 Å². The topological polar surface area (TPSA) is 38.0 Å². The third-order valence-corrected chi connectivity index (χ3v) is 3.51. The van der Waals surface area contributed by atoms with Crippen LogP contribution >= 0.6 is 39.7 Å². The fourth-order valence-electron chi connectivity index (χ4n) is 1.51. The van der Waals surface area contributed by atoms with Crippen LogP contribution in [0.2, 0.25) is 5.02 Å². The smallest absolute Gasteiger partial charge is 0.147 e. The van der Waals surface area contributed by atoms with E-state index in [0.717, 1.165) is 4.47 Å². The Balaban J connectivity index is 2.33. The highest BCUT2D eigenvalue weighted by molar-refractivity contribution is 9.10. The molecular weight excluding hydrogens is 351 g/mol. The maximum Gasteiger partial charge on any atom is 0.147 e. The summed E-state index contributed by atoms with van der Waals surface area (Å²) >= 11 is 14.2. The molecule has 0 amide bonds. The number of hydrogen-bond donors (Lipinski definition) is 2. The second kappa shape index (κ2) is 5.86. The summed E-state index contributed by atoms with van der Waals surface area (Å²) in [5, 5.41) is 3.43. The van der Waals surface area contributed by atoms with Gasteiger partial charge in [-0.3, -0.25) is 0 Å². The summed E-state index contributed by atoms with van der Waals surface area (Å²) in [6.45, 7) is 0. The molecule has 3 N–H and O–H groups in total. The van der Waals surface area contributed by atoms with Crippen molar-refractivity contribution in [2.75, 3.05) is 5.32 Å². The molecule has 98 valence electrons. The molecule has 0 aliphatic heterocycles. The average Bonchev–Trinajstić information content (AvgIpc) is 2.36. The number of nitrogens with two attached hydrogens (primary N) is 1. The van der Waals surface area contributed by atoms with Crippen LogP contribution in [0.4, 0.5) is 15.8 Å². The van der Waals surface area contributed by atoms with E-state index in [1.54, 1.807) is 30.3 Å². The third kappa shape index (κ3) is 3.43. The highest BCUT2D eigenvalue weighted by Crippen LogP contribution is 2.29. The largest absolute Gasteiger partial charge is 0.389 e. The van der Waals surface area contributed by atoms with Crippen LogP contribution in [0, 0.1) is 5.82 Å². The van der Waals surface area contributed by atoms with E-state index < -0.39 is 5.82 Å². The minimum absolute atomic E-state index is 0.158. The van der Waals surface area contributed by atoms with Crippen molar-refractivity contribution < 1.29 is 4.39 Å². The average molecular weight is 360 g/mol. The zero-order valence-electron chi connectivity index (χ0n) is 9.58. The van der Waals surface area contributed by atoms with Crippen LogP contribution in [0.25, 0.3) is 0 Å². The molecule has 0 bridgehead atoms. The van der Waals surface area contributed by atoms with Gasteiger partial charge in [0.25, 0.3) is 0 Å². The summed E-state index contributed by atoms with van der Waals surface area (Å²) in [5.74, 6) is -0.443. The van der Waals surface area contributed by atoms with Crippen molar-refractivity contribution in [1.29, 1.82) is 0 Å². The van der Waals surface area contributed by atoms with Crippen molar-refractivity contribution in [3.8, 4) is 0 Å². The van der Waals surface area contributed by atoms with Crippen molar-refractivity contribution in [2.24, 2.45) is 5.73 Å². The highest BCUT2D eigenvalue weighted by atomic mass is 79.9. The van der Waals surface area contributed by atoms with E-state index >= 15 is 0 Å². The lowest BCUT2D eigenvalue weighted by molar-refractivity contribution is 0.631. The fraction of sp³-hybridized carbons (Fsp3) is 0. The third-order valence-electron chi connectivity index (χ3n) is 2.45. The van der Waals surface area contributed by atoms with E-state index in [1.165, 1.54) is 6.07 Å². The van der Waals surface area contributed by atoms with E-state index in [4.69, 9.17) is 29.6 Å². The lowest BCUT2D eigenvalue weighted by Gasteiger charge is -2.10. The second-order valence-corrected chi connectivity index (χ2v) is 5.57. The van der Waals surface area contributed by atoms with Crippen molar-refractivity contribution in [1.82, 2.24) is 0 Å². The van der Waals surface area contributed by atoms with Crippen LogP contribution in [0.3, 0.4) is 0 Å². The number of hydrogen-bond acceptors (Lipinski definition) is 2. The molecule has 0 aliphatic rings. The molecule has 0 fully saturated rings. The number of nitrogens with one attached hydrogen (secondary N) is 1. The minimum atomic E-state index is -0.443. The van der Waals surface area contributed by atoms with Gasteiger partial charge in [-0.1, -0.05) is 39.7 Å². The molecule has 0 radical (unpaired) electrons. The van der Waals surface area contributed by atoms with Crippen LogP contribution in [-0.2, 0) is 0 Å². The van der Waals surface area contributed by atoms with Crippen molar-refractivity contribution >= 4 is 56.1 Å². The van der Waals surface area contributed by atoms with E-state index in [9.17, 15) is 4.39 Å². The van der Waals surface area contributed by atoms with Gasteiger partial charge in [0.2, 0.25) is 0 Å². The van der Waals surface area contributed by atoms with Gasteiger partial charge < -0.3 is 11.1 Å². The van der Waals surface area contributed by atoms with Gasteiger partial charge in [-0.25, -0.2) is 4.39 Å². The van der Waals surface area contributed by atoms with E-state index in [2.05, 4.69) is 21.2 Å². The lowest BCUT2D eigenvalue weighted by atomic mass is 10.2. The Hall–Kier alpha value is -1.17. The Labute approximate surface area is 128 Å². The summed E-state index contributed by atoms with van der Waals surface area (Å²) in [7, 11) is 0. The quantitative estimate of drug-likeness (QED) is 0.785. The monoisotopic (exact) mass is 358 g/mol. The molecule has 2 aromatic rings. The normalized spacial score (nSPS) is 10.3. The van der Waals surface area contributed by atoms with Gasteiger partial charge >= 0.3 is 0 Å². The Morgan fingerprint density at radius 2 is 1.95 bits per heavy atom.